The van der Waals surface area contributed by atoms with Crippen LogP contribution in [0.1, 0.15) is 11.1 Å². The number of nitrogens with one attached hydrogen (secondary N) is 1. The molecular formula is C24H20FN3O2S. The SMILES string of the molecule is Cc1ccc(CNC(=O)CSc2nc3ccccc3c(=O)n2-c2ccccc2F)cc1. The fraction of sp³-hybridized carbons (Fsp3) is 0.125. The summed E-state index contributed by atoms with van der Waals surface area (Å²) in [6.07, 6.45) is 0. The van der Waals surface area contributed by atoms with Crippen LogP contribution in [0, 0.1) is 12.7 Å². The molecule has 1 N–H and O–H groups in total. The number of hydrogen-bond acceptors (Lipinski definition) is 4. The zero-order valence-corrected chi connectivity index (χ0v) is 17.7. The minimum atomic E-state index is -0.535. The zero-order chi connectivity index (χ0) is 21.8. The van der Waals surface area contributed by atoms with Crippen LogP contribution in [0.5, 0.6) is 0 Å². The molecule has 31 heavy (non-hydrogen) atoms. The number of nitrogens with zero attached hydrogens (tertiary/aromatic N) is 2. The molecule has 5 nitrogen and oxygen atoms in total. The molecule has 1 aromatic heterocycles. The highest BCUT2D eigenvalue weighted by Gasteiger charge is 2.17. The summed E-state index contributed by atoms with van der Waals surface area (Å²) in [5, 5.41) is 3.51. The summed E-state index contributed by atoms with van der Waals surface area (Å²) in [4.78, 5) is 30.1. The molecule has 0 bridgehead atoms. The first-order valence-electron chi connectivity index (χ1n) is 9.74. The molecule has 4 rings (SSSR count). The normalized spacial score (nSPS) is 10.9. The first kappa shape index (κ1) is 20.8. The Kier molecular flexibility index (Phi) is 6.13. The minimum absolute atomic E-state index is 0.0467. The average Bonchev–Trinajstić information content (AvgIpc) is 2.78. The van der Waals surface area contributed by atoms with Gasteiger partial charge >= 0.3 is 0 Å². The second-order valence-electron chi connectivity index (χ2n) is 7.05. The molecule has 0 atom stereocenters. The number of aryl methyl sites for hydroxylation is 1. The van der Waals surface area contributed by atoms with Crippen LogP contribution in [-0.2, 0) is 11.3 Å². The van der Waals surface area contributed by atoms with Crippen LogP contribution in [0.3, 0.4) is 0 Å². The lowest BCUT2D eigenvalue weighted by molar-refractivity contribution is -0.118. The van der Waals surface area contributed by atoms with E-state index in [1.54, 1.807) is 36.4 Å². The van der Waals surface area contributed by atoms with Crippen LogP contribution in [0.15, 0.2) is 82.7 Å². The van der Waals surface area contributed by atoms with E-state index in [-0.39, 0.29) is 28.1 Å². The zero-order valence-electron chi connectivity index (χ0n) is 16.8. The molecule has 0 radical (unpaired) electrons. The number of thioether (sulfide) groups is 1. The number of carbonyl (C=O) groups is 1. The van der Waals surface area contributed by atoms with Crippen LogP contribution >= 0.6 is 11.8 Å². The second-order valence-corrected chi connectivity index (χ2v) is 8.00. The Bertz CT molecular complexity index is 1300. The predicted octanol–water partition coefficient (Wildman–Crippen LogP) is 4.24. The Morgan fingerprint density at radius 3 is 2.52 bits per heavy atom. The quantitative estimate of drug-likeness (QED) is 0.365. The minimum Gasteiger partial charge on any atom is -0.351 e. The fourth-order valence-corrected chi connectivity index (χ4v) is 3.98. The molecule has 0 saturated heterocycles. The second kappa shape index (κ2) is 9.14. The monoisotopic (exact) mass is 433 g/mol. The van der Waals surface area contributed by atoms with E-state index in [1.165, 1.54) is 16.7 Å². The van der Waals surface area contributed by atoms with Gasteiger partial charge in [-0.25, -0.2) is 9.37 Å². The van der Waals surface area contributed by atoms with E-state index in [1.807, 2.05) is 31.2 Å². The van der Waals surface area contributed by atoms with Gasteiger partial charge in [0.25, 0.3) is 5.56 Å². The number of carbonyl (C=O) groups excluding carboxylic acids is 1. The van der Waals surface area contributed by atoms with Gasteiger partial charge in [0.05, 0.1) is 22.3 Å². The predicted molar refractivity (Wildman–Crippen MR) is 121 cm³/mol. The molecule has 1 amide bonds. The van der Waals surface area contributed by atoms with E-state index in [0.717, 1.165) is 22.9 Å². The Hall–Kier alpha value is -3.45. The summed E-state index contributed by atoms with van der Waals surface area (Å²) in [5.74, 6) is -0.689. The van der Waals surface area contributed by atoms with Gasteiger partial charge in [0.15, 0.2) is 5.16 Å². The van der Waals surface area contributed by atoms with Gasteiger partial charge in [0.1, 0.15) is 5.82 Å². The number of amides is 1. The lowest BCUT2D eigenvalue weighted by Gasteiger charge is -2.14. The lowest BCUT2D eigenvalue weighted by Crippen LogP contribution is -2.26. The number of para-hydroxylation sites is 2. The summed E-state index contributed by atoms with van der Waals surface area (Å²) in [7, 11) is 0. The van der Waals surface area contributed by atoms with Crippen molar-refractivity contribution < 1.29 is 9.18 Å². The van der Waals surface area contributed by atoms with Crippen LogP contribution in [-0.4, -0.2) is 21.2 Å². The van der Waals surface area contributed by atoms with Gasteiger partial charge in [-0.2, -0.15) is 0 Å². The van der Waals surface area contributed by atoms with Crippen LogP contribution in [0.25, 0.3) is 16.6 Å². The van der Waals surface area contributed by atoms with Crippen molar-refractivity contribution >= 4 is 28.6 Å². The number of benzene rings is 3. The number of hydrogen-bond donors (Lipinski definition) is 1. The molecule has 3 aromatic carbocycles. The van der Waals surface area contributed by atoms with Crippen molar-refractivity contribution in [3.63, 3.8) is 0 Å². The molecule has 4 aromatic rings. The van der Waals surface area contributed by atoms with Crippen molar-refractivity contribution in [3.05, 3.63) is 100 Å². The van der Waals surface area contributed by atoms with E-state index < -0.39 is 5.82 Å². The largest absolute Gasteiger partial charge is 0.351 e. The smallest absolute Gasteiger partial charge is 0.266 e. The highest BCUT2D eigenvalue weighted by atomic mass is 32.2. The molecule has 156 valence electrons. The third-order valence-corrected chi connectivity index (χ3v) is 5.72. The molecule has 0 aliphatic heterocycles. The Balaban J connectivity index is 1.60. The maximum atomic E-state index is 14.5. The number of fused-ring (bicyclic) bond motifs is 1. The Labute approximate surface area is 182 Å². The van der Waals surface area contributed by atoms with Gasteiger partial charge in [0.2, 0.25) is 5.91 Å². The summed E-state index contributed by atoms with van der Waals surface area (Å²) in [6, 6.07) is 20.8. The topological polar surface area (TPSA) is 64.0 Å². The van der Waals surface area contributed by atoms with Crippen molar-refractivity contribution in [2.24, 2.45) is 0 Å². The van der Waals surface area contributed by atoms with Gasteiger partial charge in [0, 0.05) is 6.54 Å². The van der Waals surface area contributed by atoms with Gasteiger partial charge < -0.3 is 5.32 Å². The number of rotatable bonds is 6. The first-order valence-corrected chi connectivity index (χ1v) is 10.7. The van der Waals surface area contributed by atoms with E-state index in [0.29, 0.717) is 17.4 Å². The van der Waals surface area contributed by atoms with Gasteiger partial charge in [-0.1, -0.05) is 65.9 Å². The van der Waals surface area contributed by atoms with Crippen molar-refractivity contribution in [1.82, 2.24) is 14.9 Å². The summed E-state index contributed by atoms with van der Waals surface area (Å²) >= 11 is 1.10. The van der Waals surface area contributed by atoms with Crippen LogP contribution < -0.4 is 10.9 Å². The molecule has 0 spiro atoms. The van der Waals surface area contributed by atoms with E-state index in [2.05, 4.69) is 10.3 Å². The lowest BCUT2D eigenvalue weighted by atomic mass is 10.1. The van der Waals surface area contributed by atoms with E-state index >= 15 is 0 Å². The van der Waals surface area contributed by atoms with E-state index in [4.69, 9.17) is 0 Å². The van der Waals surface area contributed by atoms with Crippen LogP contribution in [0.2, 0.25) is 0 Å². The third kappa shape index (κ3) is 4.67. The Morgan fingerprint density at radius 1 is 1.03 bits per heavy atom. The van der Waals surface area contributed by atoms with Gasteiger partial charge in [-0.15, -0.1) is 0 Å². The van der Waals surface area contributed by atoms with Gasteiger partial charge in [-0.3, -0.25) is 14.2 Å². The molecule has 0 unspecified atom stereocenters. The summed E-state index contributed by atoms with van der Waals surface area (Å²) in [6.45, 7) is 2.41. The standard InChI is InChI=1S/C24H20FN3O2S/c1-16-10-12-17(13-11-16)14-26-22(29)15-31-24-27-20-8-4-2-6-18(20)23(30)28(24)21-9-5-3-7-19(21)25/h2-13H,14-15H2,1H3,(H,26,29). The molecule has 7 heteroatoms. The first-order chi connectivity index (χ1) is 15.0. The average molecular weight is 434 g/mol. The molecule has 0 aliphatic carbocycles. The fourth-order valence-electron chi connectivity index (χ4n) is 3.14. The number of halogens is 1. The molecular weight excluding hydrogens is 413 g/mol. The number of aromatic nitrogens is 2. The van der Waals surface area contributed by atoms with Gasteiger partial charge in [-0.05, 0) is 36.8 Å². The molecule has 0 saturated carbocycles. The molecule has 1 heterocycles. The highest BCUT2D eigenvalue weighted by molar-refractivity contribution is 7.99. The molecule has 0 aliphatic rings. The van der Waals surface area contributed by atoms with Crippen molar-refractivity contribution in [1.29, 1.82) is 0 Å². The highest BCUT2D eigenvalue weighted by Crippen LogP contribution is 2.22. The van der Waals surface area contributed by atoms with Crippen molar-refractivity contribution in [2.45, 2.75) is 18.6 Å². The van der Waals surface area contributed by atoms with Crippen molar-refractivity contribution in [3.8, 4) is 5.69 Å². The maximum Gasteiger partial charge on any atom is 0.266 e. The van der Waals surface area contributed by atoms with Crippen LogP contribution in [0.4, 0.5) is 4.39 Å². The summed E-state index contributed by atoms with van der Waals surface area (Å²) in [5.41, 5.74) is 2.38. The molecule has 0 fully saturated rings. The van der Waals surface area contributed by atoms with E-state index in [9.17, 15) is 14.0 Å². The summed E-state index contributed by atoms with van der Waals surface area (Å²) < 4.78 is 15.7. The maximum absolute atomic E-state index is 14.5. The van der Waals surface area contributed by atoms with Crippen molar-refractivity contribution in [2.75, 3.05) is 5.75 Å². The third-order valence-electron chi connectivity index (χ3n) is 4.78. The Morgan fingerprint density at radius 2 is 1.74 bits per heavy atom.